The summed E-state index contributed by atoms with van der Waals surface area (Å²) in [4.78, 5) is 12.4. The van der Waals surface area contributed by atoms with Gasteiger partial charge in [-0.25, -0.2) is 0 Å². The van der Waals surface area contributed by atoms with E-state index in [-0.39, 0.29) is 18.3 Å². The molecule has 0 heterocycles. The highest BCUT2D eigenvalue weighted by molar-refractivity contribution is 6.04. The maximum absolute atomic E-state index is 12.4. The summed E-state index contributed by atoms with van der Waals surface area (Å²) < 4.78 is 0. The van der Waals surface area contributed by atoms with Crippen molar-refractivity contribution in [3.8, 4) is 0 Å². The Kier molecular flexibility index (Phi) is 5.58. The number of rotatable bonds is 4. The van der Waals surface area contributed by atoms with Crippen LogP contribution in [-0.2, 0) is 19.4 Å². The molecule has 0 aromatic heterocycles. The first kappa shape index (κ1) is 16.5. The third kappa shape index (κ3) is 3.49. The Balaban J connectivity index is 0.00000176. The first-order chi connectivity index (χ1) is 10.3. The molecule has 4 heteroatoms. The zero-order valence-corrected chi connectivity index (χ0v) is 13.5. The molecule has 0 radical (unpaired) electrons. The van der Waals surface area contributed by atoms with Crippen LogP contribution in [0.5, 0.6) is 0 Å². The Morgan fingerprint density at radius 3 is 2.68 bits per heavy atom. The number of halogens is 1. The summed E-state index contributed by atoms with van der Waals surface area (Å²) in [6.07, 6.45) is 3.43. The standard InChI is InChI=1S/C18H20N2O.ClH/c1-19-12-16-5-2-3-8-17(16)20-18(21)15-10-9-13-6-4-7-14(13)11-15;/h2-3,5,8-11,19H,4,6-7,12H2,1H3,(H,20,21);1H. The molecule has 22 heavy (non-hydrogen) atoms. The molecule has 2 N–H and O–H groups in total. The van der Waals surface area contributed by atoms with E-state index in [2.05, 4.69) is 16.7 Å². The second kappa shape index (κ2) is 7.43. The molecule has 3 nitrogen and oxygen atoms in total. The summed E-state index contributed by atoms with van der Waals surface area (Å²) in [6, 6.07) is 14.0. The quantitative estimate of drug-likeness (QED) is 0.905. The van der Waals surface area contributed by atoms with Crippen LogP contribution < -0.4 is 10.6 Å². The molecule has 0 unspecified atom stereocenters. The predicted octanol–water partition coefficient (Wildman–Crippen LogP) is 3.57. The van der Waals surface area contributed by atoms with Crippen LogP contribution in [0.4, 0.5) is 5.69 Å². The van der Waals surface area contributed by atoms with Gasteiger partial charge in [0.1, 0.15) is 0 Å². The molecule has 1 aliphatic rings. The summed E-state index contributed by atoms with van der Waals surface area (Å²) in [6.45, 7) is 0.737. The molecule has 2 aromatic carbocycles. The van der Waals surface area contributed by atoms with Gasteiger partial charge in [0.25, 0.3) is 5.91 Å². The fourth-order valence-corrected chi connectivity index (χ4v) is 2.89. The van der Waals surface area contributed by atoms with Gasteiger partial charge in [-0.05, 0) is 61.2 Å². The van der Waals surface area contributed by atoms with E-state index in [1.54, 1.807) is 0 Å². The molecule has 2 aromatic rings. The lowest BCUT2D eigenvalue weighted by atomic mass is 10.1. The Morgan fingerprint density at radius 2 is 1.86 bits per heavy atom. The van der Waals surface area contributed by atoms with Gasteiger partial charge in [-0.3, -0.25) is 4.79 Å². The van der Waals surface area contributed by atoms with Crippen molar-refractivity contribution < 1.29 is 4.79 Å². The molecule has 0 bridgehead atoms. The summed E-state index contributed by atoms with van der Waals surface area (Å²) in [5.41, 5.74) is 5.43. The van der Waals surface area contributed by atoms with Crippen molar-refractivity contribution in [1.82, 2.24) is 5.32 Å². The van der Waals surface area contributed by atoms with Crippen molar-refractivity contribution in [2.45, 2.75) is 25.8 Å². The summed E-state index contributed by atoms with van der Waals surface area (Å²) in [5.74, 6) is -0.0340. The maximum Gasteiger partial charge on any atom is 0.255 e. The highest BCUT2D eigenvalue weighted by atomic mass is 35.5. The summed E-state index contributed by atoms with van der Waals surface area (Å²) in [5, 5.41) is 6.14. The molecule has 0 saturated carbocycles. The SMILES string of the molecule is CNCc1ccccc1NC(=O)c1ccc2c(c1)CCC2.Cl. The van der Waals surface area contributed by atoms with Crippen LogP contribution in [0, 0.1) is 0 Å². The molecule has 0 atom stereocenters. The molecule has 0 fully saturated rings. The van der Waals surface area contributed by atoms with Crippen molar-refractivity contribution in [2.24, 2.45) is 0 Å². The number of hydrogen-bond acceptors (Lipinski definition) is 2. The topological polar surface area (TPSA) is 41.1 Å². The Labute approximate surface area is 137 Å². The minimum atomic E-state index is -0.0340. The molecule has 0 spiro atoms. The highest BCUT2D eigenvalue weighted by Gasteiger charge is 2.14. The number of para-hydroxylation sites is 1. The third-order valence-corrected chi connectivity index (χ3v) is 3.99. The van der Waals surface area contributed by atoms with Crippen molar-refractivity contribution in [3.63, 3.8) is 0 Å². The highest BCUT2D eigenvalue weighted by Crippen LogP contribution is 2.23. The van der Waals surface area contributed by atoms with Gasteiger partial charge >= 0.3 is 0 Å². The van der Waals surface area contributed by atoms with Gasteiger partial charge in [0.2, 0.25) is 0 Å². The first-order valence-electron chi connectivity index (χ1n) is 7.43. The van der Waals surface area contributed by atoms with Crippen molar-refractivity contribution in [1.29, 1.82) is 0 Å². The Bertz CT molecular complexity index is 670. The fourth-order valence-electron chi connectivity index (χ4n) is 2.89. The molecule has 0 saturated heterocycles. The summed E-state index contributed by atoms with van der Waals surface area (Å²) >= 11 is 0. The molecular formula is C18H21ClN2O. The van der Waals surface area contributed by atoms with Gasteiger partial charge in [-0.1, -0.05) is 24.3 Å². The lowest BCUT2D eigenvalue weighted by Gasteiger charge is -2.11. The minimum absolute atomic E-state index is 0. The number of benzene rings is 2. The van der Waals surface area contributed by atoms with E-state index in [0.29, 0.717) is 0 Å². The van der Waals surface area contributed by atoms with Crippen molar-refractivity contribution in [2.75, 3.05) is 12.4 Å². The van der Waals surface area contributed by atoms with Gasteiger partial charge < -0.3 is 10.6 Å². The van der Waals surface area contributed by atoms with E-state index >= 15 is 0 Å². The third-order valence-electron chi connectivity index (χ3n) is 3.99. The van der Waals surface area contributed by atoms with E-state index in [9.17, 15) is 4.79 Å². The number of nitrogens with one attached hydrogen (secondary N) is 2. The van der Waals surface area contributed by atoms with Gasteiger partial charge in [0, 0.05) is 17.8 Å². The molecule has 1 aliphatic carbocycles. The van der Waals surface area contributed by atoms with E-state index in [0.717, 1.165) is 36.2 Å². The molecule has 0 aliphatic heterocycles. The number of carbonyl (C=O) groups is 1. The average Bonchev–Trinajstić information content (AvgIpc) is 2.97. The van der Waals surface area contributed by atoms with Crippen LogP contribution in [0.15, 0.2) is 42.5 Å². The van der Waals surface area contributed by atoms with Crippen LogP contribution in [-0.4, -0.2) is 13.0 Å². The van der Waals surface area contributed by atoms with Crippen LogP contribution >= 0.6 is 12.4 Å². The van der Waals surface area contributed by atoms with Gasteiger partial charge in [0.05, 0.1) is 0 Å². The number of carbonyl (C=O) groups excluding carboxylic acids is 1. The van der Waals surface area contributed by atoms with Crippen LogP contribution in [0.3, 0.4) is 0 Å². The number of fused-ring (bicyclic) bond motifs is 1. The minimum Gasteiger partial charge on any atom is -0.322 e. The zero-order chi connectivity index (χ0) is 14.7. The second-order valence-electron chi connectivity index (χ2n) is 5.48. The Hall–Kier alpha value is -1.84. The largest absolute Gasteiger partial charge is 0.322 e. The fraction of sp³-hybridized carbons (Fsp3) is 0.278. The van der Waals surface area contributed by atoms with Crippen molar-refractivity contribution in [3.05, 3.63) is 64.7 Å². The monoisotopic (exact) mass is 316 g/mol. The van der Waals surface area contributed by atoms with Gasteiger partial charge in [-0.2, -0.15) is 0 Å². The van der Waals surface area contributed by atoms with Crippen LogP contribution in [0.25, 0.3) is 0 Å². The van der Waals surface area contributed by atoms with Gasteiger partial charge in [0.15, 0.2) is 0 Å². The second-order valence-corrected chi connectivity index (χ2v) is 5.48. The van der Waals surface area contributed by atoms with E-state index in [1.165, 1.54) is 17.5 Å². The van der Waals surface area contributed by atoms with Gasteiger partial charge in [-0.15, -0.1) is 12.4 Å². The van der Waals surface area contributed by atoms with Crippen LogP contribution in [0.2, 0.25) is 0 Å². The molecule has 1 amide bonds. The lowest BCUT2D eigenvalue weighted by molar-refractivity contribution is 0.102. The Morgan fingerprint density at radius 1 is 1.09 bits per heavy atom. The number of hydrogen-bond donors (Lipinski definition) is 2. The number of amides is 1. The normalized spacial score (nSPS) is 12.4. The van der Waals surface area contributed by atoms with Crippen molar-refractivity contribution >= 4 is 24.0 Å². The summed E-state index contributed by atoms with van der Waals surface area (Å²) in [7, 11) is 1.90. The zero-order valence-electron chi connectivity index (χ0n) is 12.7. The average molecular weight is 317 g/mol. The van der Waals surface area contributed by atoms with Crippen LogP contribution in [0.1, 0.15) is 33.5 Å². The van der Waals surface area contributed by atoms with E-state index < -0.39 is 0 Å². The lowest BCUT2D eigenvalue weighted by Crippen LogP contribution is -2.15. The first-order valence-corrected chi connectivity index (χ1v) is 7.43. The maximum atomic E-state index is 12.4. The number of anilines is 1. The number of aryl methyl sites for hydroxylation is 2. The predicted molar refractivity (Wildman–Crippen MR) is 92.9 cm³/mol. The molecule has 116 valence electrons. The van der Waals surface area contributed by atoms with E-state index in [1.807, 2.05) is 43.4 Å². The molecule has 3 rings (SSSR count). The molecular weight excluding hydrogens is 296 g/mol. The van der Waals surface area contributed by atoms with E-state index in [4.69, 9.17) is 0 Å². The smallest absolute Gasteiger partial charge is 0.255 e.